The Balaban J connectivity index is 4.06. The van der Waals surface area contributed by atoms with Crippen LogP contribution in [0, 0.1) is 17.3 Å². The van der Waals surface area contributed by atoms with Gasteiger partial charge in [-0.15, -0.1) is 0 Å². The standard InChI is InChI=1S/C14H30/c1-7-9-13(10-8-2)12(3)11-14(4,5)6/h12-13H,7-11H2,1-6H3. The molecule has 0 aromatic rings. The molecule has 0 amide bonds. The van der Waals surface area contributed by atoms with Crippen LogP contribution < -0.4 is 0 Å². The average Bonchev–Trinajstić information content (AvgIpc) is 2.01. The Kier molecular flexibility index (Phi) is 6.48. The smallest absolute Gasteiger partial charge is 0.0380 e. The third-order valence-corrected chi connectivity index (χ3v) is 3.06. The molecule has 1 unspecified atom stereocenters. The molecule has 1 atom stereocenters. The van der Waals surface area contributed by atoms with Gasteiger partial charge in [0, 0.05) is 0 Å². The Labute approximate surface area is 91.5 Å². The van der Waals surface area contributed by atoms with E-state index in [2.05, 4.69) is 41.5 Å². The van der Waals surface area contributed by atoms with Crippen molar-refractivity contribution in [2.75, 3.05) is 0 Å². The zero-order valence-electron chi connectivity index (χ0n) is 11.2. The maximum Gasteiger partial charge on any atom is -0.0380 e. The quantitative estimate of drug-likeness (QED) is 0.545. The van der Waals surface area contributed by atoms with Crippen LogP contribution >= 0.6 is 0 Å². The molecule has 0 N–H and O–H groups in total. The van der Waals surface area contributed by atoms with Crippen LogP contribution in [0.4, 0.5) is 0 Å². The van der Waals surface area contributed by atoms with Gasteiger partial charge in [-0.3, -0.25) is 0 Å². The van der Waals surface area contributed by atoms with Crippen molar-refractivity contribution < 1.29 is 0 Å². The SMILES string of the molecule is CCCC(CCC)C(C)CC(C)(C)C. The van der Waals surface area contributed by atoms with Crippen LogP contribution in [0.1, 0.15) is 73.6 Å². The zero-order chi connectivity index (χ0) is 11.2. The molecule has 0 aliphatic rings. The van der Waals surface area contributed by atoms with Crippen molar-refractivity contribution in [1.29, 1.82) is 0 Å². The first-order valence-corrected chi connectivity index (χ1v) is 6.40. The van der Waals surface area contributed by atoms with Crippen molar-refractivity contribution >= 4 is 0 Å². The molecule has 86 valence electrons. The van der Waals surface area contributed by atoms with E-state index in [0.717, 1.165) is 11.8 Å². The second kappa shape index (κ2) is 6.48. The maximum atomic E-state index is 2.45. The summed E-state index contributed by atoms with van der Waals surface area (Å²) >= 11 is 0. The van der Waals surface area contributed by atoms with E-state index < -0.39 is 0 Å². The van der Waals surface area contributed by atoms with Crippen molar-refractivity contribution in [2.24, 2.45) is 17.3 Å². The lowest BCUT2D eigenvalue weighted by molar-refractivity contribution is 0.218. The molecule has 0 rings (SSSR count). The Bertz CT molecular complexity index is 123. The van der Waals surface area contributed by atoms with Gasteiger partial charge in [0.05, 0.1) is 0 Å². The second-order valence-electron chi connectivity index (χ2n) is 6.08. The van der Waals surface area contributed by atoms with Crippen molar-refractivity contribution in [3.05, 3.63) is 0 Å². The van der Waals surface area contributed by atoms with Gasteiger partial charge in [-0.1, -0.05) is 67.2 Å². The van der Waals surface area contributed by atoms with E-state index in [1.165, 1.54) is 32.1 Å². The molecular weight excluding hydrogens is 168 g/mol. The summed E-state index contributed by atoms with van der Waals surface area (Å²) in [6.45, 7) is 14.1. The molecule has 0 radical (unpaired) electrons. The van der Waals surface area contributed by atoms with E-state index in [4.69, 9.17) is 0 Å². The fourth-order valence-electron chi connectivity index (χ4n) is 2.59. The average molecular weight is 198 g/mol. The largest absolute Gasteiger partial charge is 0.0654 e. The molecule has 0 spiro atoms. The van der Waals surface area contributed by atoms with E-state index in [9.17, 15) is 0 Å². The van der Waals surface area contributed by atoms with Crippen LogP contribution in [0.3, 0.4) is 0 Å². The van der Waals surface area contributed by atoms with Crippen molar-refractivity contribution in [2.45, 2.75) is 73.6 Å². The van der Waals surface area contributed by atoms with Gasteiger partial charge in [0.1, 0.15) is 0 Å². The highest BCUT2D eigenvalue weighted by molar-refractivity contribution is 4.72. The lowest BCUT2D eigenvalue weighted by Gasteiger charge is -2.29. The molecule has 0 aromatic heterocycles. The third kappa shape index (κ3) is 6.45. The molecule has 0 saturated carbocycles. The number of hydrogen-bond donors (Lipinski definition) is 0. The molecule has 0 bridgehead atoms. The summed E-state index contributed by atoms with van der Waals surface area (Å²) in [7, 11) is 0. The Morgan fingerprint density at radius 3 is 1.64 bits per heavy atom. The summed E-state index contributed by atoms with van der Waals surface area (Å²) in [6.07, 6.45) is 6.91. The highest BCUT2D eigenvalue weighted by Crippen LogP contribution is 2.32. The summed E-state index contributed by atoms with van der Waals surface area (Å²) in [5.41, 5.74) is 0.499. The van der Waals surface area contributed by atoms with Gasteiger partial charge in [0.25, 0.3) is 0 Å². The highest BCUT2D eigenvalue weighted by Gasteiger charge is 2.21. The number of hydrogen-bond acceptors (Lipinski definition) is 0. The van der Waals surface area contributed by atoms with Gasteiger partial charge in [-0.25, -0.2) is 0 Å². The van der Waals surface area contributed by atoms with E-state index in [0.29, 0.717) is 5.41 Å². The van der Waals surface area contributed by atoms with Crippen molar-refractivity contribution in [3.63, 3.8) is 0 Å². The summed E-state index contributed by atoms with van der Waals surface area (Å²) in [6, 6.07) is 0. The van der Waals surface area contributed by atoms with Crippen LogP contribution in [0.2, 0.25) is 0 Å². The monoisotopic (exact) mass is 198 g/mol. The van der Waals surface area contributed by atoms with E-state index in [-0.39, 0.29) is 0 Å². The van der Waals surface area contributed by atoms with Crippen LogP contribution in [-0.4, -0.2) is 0 Å². The lowest BCUT2D eigenvalue weighted by atomic mass is 9.76. The van der Waals surface area contributed by atoms with Gasteiger partial charge < -0.3 is 0 Å². The van der Waals surface area contributed by atoms with Crippen LogP contribution in [0.25, 0.3) is 0 Å². The molecule has 0 heteroatoms. The first kappa shape index (κ1) is 14.0. The van der Waals surface area contributed by atoms with Crippen molar-refractivity contribution in [1.82, 2.24) is 0 Å². The molecular formula is C14H30. The van der Waals surface area contributed by atoms with E-state index in [1.54, 1.807) is 0 Å². The summed E-state index contributed by atoms with van der Waals surface area (Å²) in [4.78, 5) is 0. The fraction of sp³-hybridized carbons (Fsp3) is 1.00. The third-order valence-electron chi connectivity index (χ3n) is 3.06. The normalized spacial score (nSPS) is 14.8. The van der Waals surface area contributed by atoms with Crippen LogP contribution in [0.5, 0.6) is 0 Å². The molecule has 0 nitrogen and oxygen atoms in total. The van der Waals surface area contributed by atoms with Crippen LogP contribution in [0.15, 0.2) is 0 Å². The maximum absolute atomic E-state index is 2.45. The first-order chi connectivity index (χ1) is 6.40. The molecule has 0 fully saturated rings. The topological polar surface area (TPSA) is 0 Å². The Morgan fingerprint density at radius 1 is 0.929 bits per heavy atom. The fourth-order valence-corrected chi connectivity index (χ4v) is 2.59. The van der Waals surface area contributed by atoms with Gasteiger partial charge in [-0.2, -0.15) is 0 Å². The van der Waals surface area contributed by atoms with Gasteiger partial charge in [-0.05, 0) is 23.7 Å². The summed E-state index contributed by atoms with van der Waals surface area (Å²) < 4.78 is 0. The van der Waals surface area contributed by atoms with E-state index in [1.807, 2.05) is 0 Å². The highest BCUT2D eigenvalue weighted by atomic mass is 14.3. The lowest BCUT2D eigenvalue weighted by Crippen LogP contribution is -2.18. The predicted octanol–water partition coefficient (Wildman–Crippen LogP) is 5.28. The minimum absolute atomic E-state index is 0.499. The molecule has 0 aliphatic carbocycles. The van der Waals surface area contributed by atoms with Crippen molar-refractivity contribution in [3.8, 4) is 0 Å². The molecule has 14 heavy (non-hydrogen) atoms. The molecule has 0 heterocycles. The second-order valence-corrected chi connectivity index (χ2v) is 6.08. The van der Waals surface area contributed by atoms with Gasteiger partial charge >= 0.3 is 0 Å². The minimum atomic E-state index is 0.499. The van der Waals surface area contributed by atoms with Gasteiger partial charge in [0.2, 0.25) is 0 Å². The van der Waals surface area contributed by atoms with E-state index >= 15 is 0 Å². The number of rotatable bonds is 6. The first-order valence-electron chi connectivity index (χ1n) is 6.40. The minimum Gasteiger partial charge on any atom is -0.0654 e. The Hall–Kier alpha value is 0. The summed E-state index contributed by atoms with van der Waals surface area (Å²) in [5.74, 6) is 1.86. The summed E-state index contributed by atoms with van der Waals surface area (Å²) in [5, 5.41) is 0. The predicted molar refractivity (Wildman–Crippen MR) is 66.5 cm³/mol. The zero-order valence-corrected chi connectivity index (χ0v) is 11.2. The van der Waals surface area contributed by atoms with Crippen LogP contribution in [-0.2, 0) is 0 Å². The molecule has 0 aromatic carbocycles. The molecule has 0 aliphatic heterocycles. The molecule has 0 saturated heterocycles. The Morgan fingerprint density at radius 2 is 1.36 bits per heavy atom. The van der Waals surface area contributed by atoms with Gasteiger partial charge in [0.15, 0.2) is 0 Å².